The van der Waals surface area contributed by atoms with Gasteiger partial charge in [-0.25, -0.2) is 10.8 Å². The van der Waals surface area contributed by atoms with Gasteiger partial charge in [-0.1, -0.05) is 5.16 Å². The second-order valence-corrected chi connectivity index (χ2v) is 3.87. The third-order valence-corrected chi connectivity index (χ3v) is 2.39. The maximum absolute atomic E-state index is 11.9. The van der Waals surface area contributed by atoms with Gasteiger partial charge in [0, 0.05) is 24.2 Å². The SMILES string of the molecule is Cc1cc(C(=O)NCCc2ncno2)cc(NN)n1. The molecule has 2 aromatic rings. The Labute approximate surface area is 109 Å². The van der Waals surface area contributed by atoms with Gasteiger partial charge in [-0.05, 0) is 19.1 Å². The van der Waals surface area contributed by atoms with Gasteiger partial charge in [0.2, 0.25) is 5.89 Å². The van der Waals surface area contributed by atoms with Crippen molar-refractivity contribution < 1.29 is 9.32 Å². The van der Waals surface area contributed by atoms with Crippen molar-refractivity contribution in [1.29, 1.82) is 0 Å². The molecule has 0 atom stereocenters. The van der Waals surface area contributed by atoms with Crippen LogP contribution in [-0.4, -0.2) is 27.6 Å². The molecule has 8 nitrogen and oxygen atoms in total. The van der Waals surface area contributed by atoms with Crippen LogP contribution >= 0.6 is 0 Å². The number of pyridine rings is 1. The number of nitrogens with zero attached hydrogens (tertiary/aromatic N) is 3. The van der Waals surface area contributed by atoms with E-state index in [-0.39, 0.29) is 5.91 Å². The molecule has 1 amide bonds. The minimum Gasteiger partial charge on any atom is -0.352 e. The highest BCUT2D eigenvalue weighted by molar-refractivity contribution is 5.94. The molecule has 19 heavy (non-hydrogen) atoms. The molecule has 0 aromatic carbocycles. The second kappa shape index (κ2) is 5.91. The Bertz CT molecular complexity index is 554. The molecule has 100 valence electrons. The maximum atomic E-state index is 11.9. The van der Waals surface area contributed by atoms with Gasteiger partial charge in [0.05, 0.1) is 0 Å². The topological polar surface area (TPSA) is 119 Å². The van der Waals surface area contributed by atoms with E-state index in [0.717, 1.165) is 0 Å². The molecule has 0 aliphatic rings. The Kier molecular flexibility index (Phi) is 4.04. The van der Waals surface area contributed by atoms with E-state index in [0.29, 0.717) is 35.9 Å². The molecule has 0 bridgehead atoms. The largest absolute Gasteiger partial charge is 0.352 e. The number of aromatic nitrogens is 3. The molecule has 2 rings (SSSR count). The molecule has 8 heteroatoms. The first kappa shape index (κ1) is 13.0. The van der Waals surface area contributed by atoms with Gasteiger partial charge in [-0.2, -0.15) is 4.98 Å². The van der Waals surface area contributed by atoms with Gasteiger partial charge in [-0.3, -0.25) is 4.79 Å². The Morgan fingerprint density at radius 2 is 2.32 bits per heavy atom. The van der Waals surface area contributed by atoms with Gasteiger partial charge >= 0.3 is 0 Å². The summed E-state index contributed by atoms with van der Waals surface area (Å²) in [6, 6.07) is 3.26. The van der Waals surface area contributed by atoms with Crippen LogP contribution in [0.4, 0.5) is 5.82 Å². The molecule has 2 aromatic heterocycles. The van der Waals surface area contributed by atoms with Crippen LogP contribution in [0.15, 0.2) is 23.0 Å². The van der Waals surface area contributed by atoms with Crippen LogP contribution in [0.3, 0.4) is 0 Å². The highest BCUT2D eigenvalue weighted by Gasteiger charge is 2.08. The second-order valence-electron chi connectivity index (χ2n) is 3.87. The quantitative estimate of drug-likeness (QED) is 0.513. The van der Waals surface area contributed by atoms with E-state index in [1.54, 1.807) is 19.1 Å². The number of aryl methyl sites for hydroxylation is 1. The van der Waals surface area contributed by atoms with Crippen molar-refractivity contribution in [3.63, 3.8) is 0 Å². The first-order chi connectivity index (χ1) is 9.19. The average molecular weight is 262 g/mol. The number of carbonyl (C=O) groups excluding carboxylic acids is 1. The summed E-state index contributed by atoms with van der Waals surface area (Å²) in [5.41, 5.74) is 3.61. The third kappa shape index (κ3) is 3.49. The van der Waals surface area contributed by atoms with E-state index in [9.17, 15) is 4.79 Å². The Hall–Kier alpha value is -2.48. The highest BCUT2D eigenvalue weighted by atomic mass is 16.5. The molecule has 0 saturated heterocycles. The molecule has 0 fully saturated rings. The lowest BCUT2D eigenvalue weighted by molar-refractivity contribution is 0.0953. The Balaban J connectivity index is 1.94. The summed E-state index contributed by atoms with van der Waals surface area (Å²) in [6.45, 7) is 2.20. The van der Waals surface area contributed by atoms with Gasteiger partial charge in [0.25, 0.3) is 5.91 Å². The summed E-state index contributed by atoms with van der Waals surface area (Å²) in [4.78, 5) is 19.9. The van der Waals surface area contributed by atoms with Crippen LogP contribution in [0.25, 0.3) is 0 Å². The number of nitrogens with one attached hydrogen (secondary N) is 2. The first-order valence-corrected chi connectivity index (χ1v) is 5.68. The Morgan fingerprint density at radius 3 is 3.00 bits per heavy atom. The van der Waals surface area contributed by atoms with Crippen LogP contribution in [-0.2, 0) is 6.42 Å². The van der Waals surface area contributed by atoms with Gasteiger partial charge in [-0.15, -0.1) is 0 Å². The summed E-state index contributed by atoms with van der Waals surface area (Å²) in [6.07, 6.45) is 1.81. The molecular weight excluding hydrogens is 248 g/mol. The fourth-order valence-corrected chi connectivity index (χ4v) is 1.56. The predicted octanol–water partition coefficient (Wildman–Crippen LogP) is 0.0311. The van der Waals surface area contributed by atoms with Gasteiger partial charge in [0.1, 0.15) is 5.82 Å². The molecule has 0 saturated carbocycles. The van der Waals surface area contributed by atoms with Crippen molar-refractivity contribution in [1.82, 2.24) is 20.4 Å². The number of anilines is 1. The molecule has 0 radical (unpaired) electrons. The lowest BCUT2D eigenvalue weighted by Gasteiger charge is -2.06. The van der Waals surface area contributed by atoms with Crippen LogP contribution in [0.2, 0.25) is 0 Å². The zero-order chi connectivity index (χ0) is 13.7. The first-order valence-electron chi connectivity index (χ1n) is 5.68. The molecule has 0 aliphatic heterocycles. The van der Waals surface area contributed by atoms with Crippen molar-refractivity contribution in [2.45, 2.75) is 13.3 Å². The third-order valence-electron chi connectivity index (χ3n) is 2.39. The van der Waals surface area contributed by atoms with Gasteiger partial charge < -0.3 is 15.3 Å². The summed E-state index contributed by atoms with van der Waals surface area (Å²) in [7, 11) is 0. The zero-order valence-corrected chi connectivity index (χ0v) is 10.4. The smallest absolute Gasteiger partial charge is 0.251 e. The predicted molar refractivity (Wildman–Crippen MR) is 67.1 cm³/mol. The average Bonchev–Trinajstić information content (AvgIpc) is 2.91. The number of amides is 1. The lowest BCUT2D eigenvalue weighted by atomic mass is 10.2. The fourth-order valence-electron chi connectivity index (χ4n) is 1.56. The normalized spacial score (nSPS) is 10.2. The van der Waals surface area contributed by atoms with Crippen LogP contribution < -0.4 is 16.6 Å². The summed E-state index contributed by atoms with van der Waals surface area (Å²) >= 11 is 0. The van der Waals surface area contributed by atoms with Crippen molar-refractivity contribution in [2.24, 2.45) is 5.84 Å². The number of hydrogen-bond acceptors (Lipinski definition) is 7. The monoisotopic (exact) mass is 262 g/mol. The van der Waals surface area contributed by atoms with E-state index in [1.165, 1.54) is 6.33 Å². The number of nitrogens with two attached hydrogens (primary N) is 1. The minimum absolute atomic E-state index is 0.207. The maximum Gasteiger partial charge on any atom is 0.251 e. The molecular formula is C11H14N6O2. The summed E-state index contributed by atoms with van der Waals surface area (Å²) in [5, 5.41) is 6.24. The van der Waals surface area contributed by atoms with Gasteiger partial charge in [0.15, 0.2) is 6.33 Å². The summed E-state index contributed by atoms with van der Waals surface area (Å²) in [5.74, 6) is 6.00. The number of rotatable bonds is 5. The molecule has 0 spiro atoms. The van der Waals surface area contributed by atoms with Crippen LogP contribution in [0.1, 0.15) is 21.9 Å². The van der Waals surface area contributed by atoms with E-state index >= 15 is 0 Å². The Morgan fingerprint density at radius 1 is 1.47 bits per heavy atom. The van der Waals surface area contributed by atoms with Crippen molar-refractivity contribution >= 4 is 11.7 Å². The molecule has 0 unspecified atom stereocenters. The van der Waals surface area contributed by atoms with Crippen LogP contribution in [0, 0.1) is 6.92 Å². The van der Waals surface area contributed by atoms with E-state index in [4.69, 9.17) is 10.4 Å². The van der Waals surface area contributed by atoms with Crippen LogP contribution in [0.5, 0.6) is 0 Å². The number of nitrogen functional groups attached to an aromatic ring is 1. The highest BCUT2D eigenvalue weighted by Crippen LogP contribution is 2.08. The standard InChI is InChI=1S/C11H14N6O2/c1-7-4-8(5-9(16-7)17-12)11(18)13-3-2-10-14-6-15-19-10/h4-6H,2-3,12H2,1H3,(H,13,18)(H,16,17). The molecule has 0 aliphatic carbocycles. The van der Waals surface area contributed by atoms with E-state index in [1.807, 2.05) is 0 Å². The fraction of sp³-hybridized carbons (Fsp3) is 0.273. The number of hydrogen-bond donors (Lipinski definition) is 3. The minimum atomic E-state index is -0.207. The van der Waals surface area contributed by atoms with Crippen molar-refractivity contribution in [3.8, 4) is 0 Å². The molecule has 4 N–H and O–H groups in total. The molecule has 2 heterocycles. The van der Waals surface area contributed by atoms with E-state index in [2.05, 4.69) is 25.9 Å². The van der Waals surface area contributed by atoms with Crippen molar-refractivity contribution in [3.05, 3.63) is 35.6 Å². The zero-order valence-electron chi connectivity index (χ0n) is 10.4. The number of hydrazine groups is 1. The van der Waals surface area contributed by atoms with E-state index < -0.39 is 0 Å². The lowest BCUT2D eigenvalue weighted by Crippen LogP contribution is -2.26. The number of carbonyl (C=O) groups is 1. The van der Waals surface area contributed by atoms with Crippen molar-refractivity contribution in [2.75, 3.05) is 12.0 Å². The summed E-state index contributed by atoms with van der Waals surface area (Å²) < 4.78 is 4.83.